The highest BCUT2D eigenvalue weighted by atomic mass is 16.5. The first kappa shape index (κ1) is 14.2. The summed E-state index contributed by atoms with van der Waals surface area (Å²) in [7, 11) is 5.18. The Labute approximate surface area is 119 Å². The Bertz CT molecular complexity index is 578. The van der Waals surface area contributed by atoms with Gasteiger partial charge in [-0.25, -0.2) is 4.98 Å². The van der Waals surface area contributed by atoms with E-state index < -0.39 is 0 Å². The molecule has 0 atom stereocenters. The molecule has 0 aliphatic heterocycles. The number of hydrogen-bond donors (Lipinski definition) is 1. The summed E-state index contributed by atoms with van der Waals surface area (Å²) in [5.74, 6) is 2.41. The molecule has 0 unspecified atom stereocenters. The smallest absolute Gasteiger partial charge is 0.202 e. The molecule has 108 valence electrons. The van der Waals surface area contributed by atoms with Gasteiger partial charge >= 0.3 is 0 Å². The van der Waals surface area contributed by atoms with E-state index in [0.29, 0.717) is 0 Å². The van der Waals surface area contributed by atoms with Crippen molar-refractivity contribution in [1.82, 2.24) is 9.55 Å². The lowest BCUT2D eigenvalue weighted by Crippen LogP contribution is -2.05. The van der Waals surface area contributed by atoms with E-state index >= 15 is 0 Å². The Morgan fingerprint density at radius 1 is 1.20 bits per heavy atom. The van der Waals surface area contributed by atoms with Gasteiger partial charge in [-0.2, -0.15) is 0 Å². The van der Waals surface area contributed by atoms with Crippen LogP contribution >= 0.6 is 0 Å². The number of imidazole rings is 1. The van der Waals surface area contributed by atoms with Crippen molar-refractivity contribution in [2.24, 2.45) is 0 Å². The summed E-state index contributed by atoms with van der Waals surface area (Å²) in [5, 5.41) is 3.10. The molecule has 20 heavy (non-hydrogen) atoms. The third-order valence-corrected chi connectivity index (χ3v) is 3.21. The summed E-state index contributed by atoms with van der Waals surface area (Å²) < 4.78 is 12.7. The lowest BCUT2D eigenvalue weighted by Gasteiger charge is -2.10. The first-order valence-electron chi connectivity index (χ1n) is 6.60. The fourth-order valence-corrected chi connectivity index (χ4v) is 2.20. The van der Waals surface area contributed by atoms with Crippen LogP contribution in [0.25, 0.3) is 0 Å². The third kappa shape index (κ3) is 3.04. The molecule has 0 spiro atoms. The zero-order valence-corrected chi connectivity index (χ0v) is 12.4. The van der Waals surface area contributed by atoms with E-state index in [1.54, 1.807) is 14.2 Å². The van der Waals surface area contributed by atoms with Crippen molar-refractivity contribution in [1.29, 1.82) is 0 Å². The van der Waals surface area contributed by atoms with Crippen molar-refractivity contribution in [3.05, 3.63) is 35.7 Å². The Balaban J connectivity index is 2.10. The van der Waals surface area contributed by atoms with E-state index in [1.807, 2.05) is 32.3 Å². The van der Waals surface area contributed by atoms with E-state index in [1.165, 1.54) is 5.56 Å². The highest BCUT2D eigenvalue weighted by Gasteiger charge is 2.07. The molecule has 0 amide bonds. The Morgan fingerprint density at radius 2 is 1.95 bits per heavy atom. The monoisotopic (exact) mass is 275 g/mol. The normalized spacial score (nSPS) is 10.4. The quantitative estimate of drug-likeness (QED) is 0.880. The molecule has 0 saturated heterocycles. The number of rotatable bonds is 6. The molecule has 0 saturated carbocycles. The molecule has 0 fully saturated rings. The van der Waals surface area contributed by atoms with E-state index in [2.05, 4.69) is 20.9 Å². The van der Waals surface area contributed by atoms with E-state index in [9.17, 15) is 0 Å². The molecule has 0 radical (unpaired) electrons. The Kier molecular flexibility index (Phi) is 4.50. The van der Waals surface area contributed by atoms with Crippen LogP contribution in [0.2, 0.25) is 0 Å². The van der Waals surface area contributed by atoms with Gasteiger partial charge < -0.3 is 19.4 Å². The average molecular weight is 275 g/mol. The van der Waals surface area contributed by atoms with Crippen molar-refractivity contribution >= 4 is 5.95 Å². The molecule has 5 heteroatoms. The maximum atomic E-state index is 5.32. The van der Waals surface area contributed by atoms with Crippen LogP contribution in [0.3, 0.4) is 0 Å². The minimum Gasteiger partial charge on any atom is -0.493 e. The van der Waals surface area contributed by atoms with Gasteiger partial charge in [-0.1, -0.05) is 6.07 Å². The van der Waals surface area contributed by atoms with Gasteiger partial charge in [0.2, 0.25) is 5.95 Å². The summed E-state index contributed by atoms with van der Waals surface area (Å²) in [6, 6.07) is 6.01. The summed E-state index contributed by atoms with van der Waals surface area (Å²) in [5.41, 5.74) is 2.22. The molecule has 0 aliphatic rings. The van der Waals surface area contributed by atoms with Gasteiger partial charge in [0.05, 0.1) is 19.9 Å². The van der Waals surface area contributed by atoms with Crippen LogP contribution in [0.5, 0.6) is 11.5 Å². The zero-order valence-electron chi connectivity index (χ0n) is 12.4. The molecule has 1 N–H and O–H groups in total. The number of ether oxygens (including phenoxy) is 2. The molecule has 1 aromatic carbocycles. The summed E-state index contributed by atoms with van der Waals surface area (Å²) in [6.07, 6.45) is 2.96. The SMILES string of the molecule is CNc1nc(C)cn1CCc1ccc(OC)c(OC)c1. The second-order valence-electron chi connectivity index (χ2n) is 4.59. The first-order valence-corrected chi connectivity index (χ1v) is 6.60. The number of hydrogen-bond acceptors (Lipinski definition) is 4. The topological polar surface area (TPSA) is 48.3 Å². The second-order valence-corrected chi connectivity index (χ2v) is 4.59. The number of nitrogens with zero attached hydrogens (tertiary/aromatic N) is 2. The van der Waals surface area contributed by atoms with Crippen LogP contribution in [0.1, 0.15) is 11.3 Å². The molecular weight excluding hydrogens is 254 g/mol. The molecule has 2 rings (SSSR count). The van der Waals surface area contributed by atoms with Crippen molar-refractivity contribution in [3.8, 4) is 11.5 Å². The van der Waals surface area contributed by atoms with E-state index in [-0.39, 0.29) is 0 Å². The lowest BCUT2D eigenvalue weighted by atomic mass is 10.1. The van der Waals surface area contributed by atoms with Crippen molar-refractivity contribution in [2.45, 2.75) is 19.9 Å². The van der Waals surface area contributed by atoms with Gasteiger partial charge in [-0.15, -0.1) is 0 Å². The summed E-state index contributed by atoms with van der Waals surface area (Å²) >= 11 is 0. The number of methoxy groups -OCH3 is 2. The summed E-state index contributed by atoms with van der Waals surface area (Å²) in [4.78, 5) is 4.41. The number of nitrogens with one attached hydrogen (secondary N) is 1. The minimum atomic E-state index is 0.755. The highest BCUT2D eigenvalue weighted by Crippen LogP contribution is 2.27. The van der Waals surface area contributed by atoms with Crippen LogP contribution < -0.4 is 14.8 Å². The van der Waals surface area contributed by atoms with Gasteiger partial charge in [0, 0.05) is 19.8 Å². The highest BCUT2D eigenvalue weighted by molar-refractivity contribution is 5.43. The zero-order chi connectivity index (χ0) is 14.5. The molecule has 5 nitrogen and oxygen atoms in total. The predicted octanol–water partition coefficient (Wildman–Crippen LogP) is 2.49. The van der Waals surface area contributed by atoms with Gasteiger partial charge in [0.1, 0.15) is 0 Å². The minimum absolute atomic E-state index is 0.755. The molecule has 1 heterocycles. The summed E-state index contributed by atoms with van der Waals surface area (Å²) in [6.45, 7) is 2.86. The number of aryl methyl sites for hydroxylation is 3. The van der Waals surface area contributed by atoms with Crippen molar-refractivity contribution < 1.29 is 9.47 Å². The molecule has 1 aromatic heterocycles. The largest absolute Gasteiger partial charge is 0.493 e. The van der Waals surface area contributed by atoms with Crippen molar-refractivity contribution in [2.75, 3.05) is 26.6 Å². The Hall–Kier alpha value is -2.17. The van der Waals surface area contributed by atoms with Gasteiger partial charge in [0.15, 0.2) is 11.5 Å². The molecule has 0 bridgehead atoms. The molecular formula is C15H21N3O2. The maximum absolute atomic E-state index is 5.32. The second kappa shape index (κ2) is 6.32. The lowest BCUT2D eigenvalue weighted by molar-refractivity contribution is 0.354. The third-order valence-electron chi connectivity index (χ3n) is 3.21. The maximum Gasteiger partial charge on any atom is 0.202 e. The van der Waals surface area contributed by atoms with Gasteiger partial charge in [0.25, 0.3) is 0 Å². The predicted molar refractivity (Wildman–Crippen MR) is 79.8 cm³/mol. The van der Waals surface area contributed by atoms with Crippen LogP contribution in [-0.2, 0) is 13.0 Å². The number of benzene rings is 1. The number of anilines is 1. The van der Waals surface area contributed by atoms with Crippen molar-refractivity contribution in [3.63, 3.8) is 0 Å². The molecule has 0 aliphatic carbocycles. The van der Waals surface area contributed by atoms with E-state index in [0.717, 1.165) is 36.1 Å². The standard InChI is InChI=1S/C15H21N3O2/c1-11-10-18(15(16-2)17-11)8-7-12-5-6-13(19-3)14(9-12)20-4/h5-6,9-10H,7-8H2,1-4H3,(H,16,17). The van der Waals surface area contributed by atoms with Crippen LogP contribution in [0.15, 0.2) is 24.4 Å². The van der Waals surface area contributed by atoms with Gasteiger partial charge in [-0.3, -0.25) is 0 Å². The average Bonchev–Trinajstić information content (AvgIpc) is 2.84. The van der Waals surface area contributed by atoms with Gasteiger partial charge in [-0.05, 0) is 31.0 Å². The van der Waals surface area contributed by atoms with E-state index in [4.69, 9.17) is 9.47 Å². The fraction of sp³-hybridized carbons (Fsp3) is 0.400. The molecule has 2 aromatic rings. The Morgan fingerprint density at radius 3 is 2.60 bits per heavy atom. The van der Waals surface area contributed by atoms with Crippen LogP contribution in [-0.4, -0.2) is 30.8 Å². The number of aromatic nitrogens is 2. The first-order chi connectivity index (χ1) is 9.67. The van der Waals surface area contributed by atoms with Crippen LogP contribution in [0.4, 0.5) is 5.95 Å². The van der Waals surface area contributed by atoms with Crippen LogP contribution in [0, 0.1) is 6.92 Å². The fourth-order valence-electron chi connectivity index (χ4n) is 2.20.